The van der Waals surface area contributed by atoms with Gasteiger partial charge in [0.25, 0.3) is 0 Å². The highest BCUT2D eigenvalue weighted by Gasteiger charge is 2.47. The minimum Gasteiger partial charge on any atom is -0.457 e. The molecule has 1 aliphatic carbocycles. The van der Waals surface area contributed by atoms with Gasteiger partial charge in [-0.25, -0.2) is 9.78 Å². The molecule has 1 aromatic heterocycles. The number of carbonyl (C=O) groups is 1. The van der Waals surface area contributed by atoms with Crippen molar-refractivity contribution in [1.82, 2.24) is 14.9 Å². The Hall–Kier alpha value is -2.70. The van der Waals surface area contributed by atoms with Gasteiger partial charge in [-0.2, -0.15) is 0 Å². The van der Waals surface area contributed by atoms with Gasteiger partial charge in [-0.15, -0.1) is 0 Å². The maximum absolute atomic E-state index is 13.0. The lowest BCUT2D eigenvalue weighted by Crippen LogP contribution is -2.49. The SMILES string of the molecule is [2H]C1([2H])C[C@@](CC([2H])([2H])N(C)C([2H])([2H])CCc2nc3ccccc3[nH]2)(OC(=O)COC)[C@@H](C(C)C)c2ccc(C)cc21. The molecule has 0 aliphatic heterocycles. The smallest absolute Gasteiger partial charge is 0.332 e. The standard InChI is InChI=1S/C30H41N3O3/c1-21(2)29-24-13-12-22(3)19-23(24)14-15-30(29,36-28(34)20-35-5)16-18-33(4)17-8-11-27-31-25-9-6-7-10-26(25)32-27/h6-7,9-10,12-13,19,21,29H,8,11,14-18,20H2,1-5H3,(H,31,32)/t29-,30-/m0/s1/i14D2,17D2,18D2. The molecule has 1 heterocycles. The van der Waals surface area contributed by atoms with Crippen molar-refractivity contribution in [3.8, 4) is 0 Å². The van der Waals surface area contributed by atoms with E-state index in [2.05, 4.69) is 9.97 Å². The van der Waals surface area contributed by atoms with Crippen molar-refractivity contribution in [2.75, 3.05) is 33.8 Å². The Labute approximate surface area is 223 Å². The van der Waals surface area contributed by atoms with Gasteiger partial charge in [-0.1, -0.05) is 49.7 Å². The van der Waals surface area contributed by atoms with Crippen LogP contribution in [0.3, 0.4) is 0 Å². The van der Waals surface area contributed by atoms with Crippen LogP contribution in [-0.2, 0) is 27.1 Å². The molecule has 0 unspecified atom stereocenters. The number of H-pyrrole nitrogens is 1. The molecule has 0 saturated heterocycles. The number of methoxy groups -OCH3 is 1. The molecule has 4 rings (SSSR count). The van der Waals surface area contributed by atoms with Gasteiger partial charge < -0.3 is 19.4 Å². The Morgan fingerprint density at radius 3 is 2.86 bits per heavy atom. The van der Waals surface area contributed by atoms with Crippen LogP contribution in [0.5, 0.6) is 0 Å². The van der Waals surface area contributed by atoms with E-state index in [0.717, 1.165) is 21.5 Å². The number of fused-ring (bicyclic) bond motifs is 2. The summed E-state index contributed by atoms with van der Waals surface area (Å²) in [5.74, 6) is -0.807. The van der Waals surface area contributed by atoms with Crippen LogP contribution in [0.25, 0.3) is 11.0 Å². The van der Waals surface area contributed by atoms with Crippen molar-refractivity contribution in [3.05, 3.63) is 65.0 Å². The first-order chi connectivity index (χ1) is 19.5. The van der Waals surface area contributed by atoms with Crippen LogP contribution >= 0.6 is 0 Å². The minimum atomic E-state index is -2.32. The number of aromatic nitrogens is 2. The molecule has 0 radical (unpaired) electrons. The summed E-state index contributed by atoms with van der Waals surface area (Å²) in [6.45, 7) is 0.988. The molecule has 2 aromatic carbocycles. The number of para-hydroxylation sites is 2. The van der Waals surface area contributed by atoms with E-state index in [1.807, 2.05) is 63.2 Å². The second-order valence-corrected chi connectivity index (χ2v) is 9.89. The zero-order chi connectivity index (χ0) is 31.1. The molecule has 0 amide bonds. The number of esters is 1. The summed E-state index contributed by atoms with van der Waals surface area (Å²) < 4.78 is 65.0. The molecular weight excluding hydrogens is 450 g/mol. The van der Waals surface area contributed by atoms with Crippen LogP contribution in [0, 0.1) is 12.8 Å². The number of hydrogen-bond donors (Lipinski definition) is 1. The summed E-state index contributed by atoms with van der Waals surface area (Å²) in [6.07, 6.45) is -2.43. The second kappa shape index (κ2) is 11.6. The van der Waals surface area contributed by atoms with Crippen LogP contribution in [0.2, 0.25) is 0 Å². The highest BCUT2D eigenvalue weighted by atomic mass is 16.6. The van der Waals surface area contributed by atoms with E-state index in [0.29, 0.717) is 17.0 Å². The Morgan fingerprint density at radius 1 is 1.31 bits per heavy atom. The summed E-state index contributed by atoms with van der Waals surface area (Å²) in [7, 11) is 2.73. The molecule has 1 aliphatic rings. The van der Waals surface area contributed by atoms with Crippen LogP contribution in [-0.4, -0.2) is 60.2 Å². The maximum Gasteiger partial charge on any atom is 0.332 e. The first-order valence-electron chi connectivity index (χ1n) is 15.5. The number of nitrogens with one attached hydrogen (secondary N) is 1. The predicted octanol–water partition coefficient (Wildman–Crippen LogP) is 5.44. The molecule has 6 heteroatoms. The zero-order valence-corrected chi connectivity index (χ0v) is 21.9. The third kappa shape index (κ3) is 5.98. The summed E-state index contributed by atoms with van der Waals surface area (Å²) in [6, 6.07) is 13.1. The fraction of sp³-hybridized carbons (Fsp3) is 0.533. The molecule has 0 bridgehead atoms. The topological polar surface area (TPSA) is 67.5 Å². The Balaban J connectivity index is 1.68. The number of rotatable bonds is 11. The van der Waals surface area contributed by atoms with Gasteiger partial charge in [-0.3, -0.25) is 0 Å². The first-order valence-corrected chi connectivity index (χ1v) is 12.5. The number of imidazole rings is 1. The van der Waals surface area contributed by atoms with Crippen molar-refractivity contribution in [3.63, 3.8) is 0 Å². The molecule has 1 N–H and O–H groups in total. The zero-order valence-electron chi connectivity index (χ0n) is 27.9. The molecule has 0 saturated carbocycles. The van der Waals surface area contributed by atoms with Gasteiger partial charge in [0.15, 0.2) is 0 Å². The summed E-state index contributed by atoms with van der Waals surface area (Å²) in [5, 5.41) is 0. The van der Waals surface area contributed by atoms with Crippen molar-refractivity contribution in [2.45, 2.75) is 64.3 Å². The maximum atomic E-state index is 13.0. The van der Waals surface area contributed by atoms with E-state index < -0.39 is 43.3 Å². The summed E-state index contributed by atoms with van der Waals surface area (Å²) >= 11 is 0. The Kier molecular flexibility index (Phi) is 6.24. The monoisotopic (exact) mass is 497 g/mol. The van der Waals surface area contributed by atoms with Gasteiger partial charge in [0.2, 0.25) is 0 Å². The Morgan fingerprint density at radius 2 is 2.11 bits per heavy atom. The highest BCUT2D eigenvalue weighted by Crippen LogP contribution is 2.48. The number of carbonyl (C=O) groups excluding carboxylic acids is 1. The first kappa shape index (κ1) is 19.4. The number of nitrogens with zero attached hydrogens (tertiary/aromatic N) is 2. The van der Waals surface area contributed by atoms with Crippen LogP contribution in [0.1, 0.15) is 69.8 Å². The largest absolute Gasteiger partial charge is 0.457 e. The van der Waals surface area contributed by atoms with E-state index >= 15 is 0 Å². The third-order valence-corrected chi connectivity index (χ3v) is 6.70. The predicted molar refractivity (Wildman–Crippen MR) is 144 cm³/mol. The average molecular weight is 498 g/mol. The number of benzene rings is 2. The number of ether oxygens (including phenoxy) is 2. The summed E-state index contributed by atoms with van der Waals surface area (Å²) in [5.41, 5.74) is 2.09. The van der Waals surface area contributed by atoms with Crippen molar-refractivity contribution in [1.29, 1.82) is 0 Å². The fourth-order valence-electron chi connectivity index (χ4n) is 5.16. The lowest BCUT2D eigenvalue weighted by molar-refractivity contribution is -0.172. The van der Waals surface area contributed by atoms with Gasteiger partial charge >= 0.3 is 5.97 Å². The molecular formula is C30H41N3O3. The van der Waals surface area contributed by atoms with E-state index in [1.54, 1.807) is 0 Å². The van der Waals surface area contributed by atoms with E-state index in [1.165, 1.54) is 14.2 Å². The van der Waals surface area contributed by atoms with E-state index in [4.69, 9.17) is 17.7 Å². The number of aromatic amines is 1. The van der Waals surface area contributed by atoms with Crippen LogP contribution in [0.15, 0.2) is 42.5 Å². The second-order valence-electron chi connectivity index (χ2n) is 9.89. The number of aryl methyl sites for hydroxylation is 3. The molecule has 6 nitrogen and oxygen atoms in total. The van der Waals surface area contributed by atoms with Gasteiger partial charge in [-0.05, 0) is 68.9 Å². The van der Waals surface area contributed by atoms with Gasteiger partial charge in [0, 0.05) is 40.6 Å². The summed E-state index contributed by atoms with van der Waals surface area (Å²) in [4.78, 5) is 21.7. The lowest BCUT2D eigenvalue weighted by Gasteiger charge is -2.47. The third-order valence-electron chi connectivity index (χ3n) is 6.70. The van der Waals surface area contributed by atoms with Crippen molar-refractivity contribution >= 4 is 17.0 Å². The molecule has 36 heavy (non-hydrogen) atoms. The molecule has 2 atom stereocenters. The van der Waals surface area contributed by atoms with Crippen LogP contribution < -0.4 is 0 Å². The van der Waals surface area contributed by atoms with Crippen molar-refractivity contribution < 1.29 is 22.5 Å². The normalized spacial score (nSPS) is 24.4. The van der Waals surface area contributed by atoms with Gasteiger partial charge in [0.05, 0.1) is 11.0 Å². The highest BCUT2D eigenvalue weighted by molar-refractivity contribution is 5.74. The minimum absolute atomic E-state index is 0.0458. The van der Waals surface area contributed by atoms with Crippen molar-refractivity contribution in [2.24, 2.45) is 5.92 Å². The Bertz CT molecular complexity index is 1390. The number of hydrogen-bond acceptors (Lipinski definition) is 5. The fourth-order valence-corrected chi connectivity index (χ4v) is 5.16. The van der Waals surface area contributed by atoms with Gasteiger partial charge in [0.1, 0.15) is 18.0 Å². The molecule has 0 spiro atoms. The average Bonchev–Trinajstić information content (AvgIpc) is 3.30. The van der Waals surface area contributed by atoms with E-state index in [9.17, 15) is 4.79 Å². The quantitative estimate of drug-likeness (QED) is 0.357. The van der Waals surface area contributed by atoms with E-state index in [-0.39, 0.29) is 31.8 Å². The molecule has 194 valence electrons. The van der Waals surface area contributed by atoms with Crippen LogP contribution in [0.4, 0.5) is 0 Å². The lowest BCUT2D eigenvalue weighted by atomic mass is 9.65. The molecule has 3 aromatic rings. The molecule has 0 fully saturated rings.